The van der Waals surface area contributed by atoms with Gasteiger partial charge in [-0.3, -0.25) is 4.79 Å². The Kier molecular flexibility index (Phi) is 8.01. The monoisotopic (exact) mass is 291 g/mol. The molecule has 0 heterocycles. The zero-order valence-corrected chi connectivity index (χ0v) is 13.5. The van der Waals surface area contributed by atoms with E-state index < -0.39 is 6.04 Å². The molecule has 4 nitrogen and oxygen atoms in total. The molecule has 2 atom stereocenters. The molecule has 1 rings (SSSR count). The maximum Gasteiger partial charge on any atom is 0.237 e. The molecular formula is C17H29N3O. The van der Waals surface area contributed by atoms with E-state index in [0.717, 1.165) is 25.9 Å². The van der Waals surface area contributed by atoms with Crippen molar-refractivity contribution in [2.75, 3.05) is 20.1 Å². The van der Waals surface area contributed by atoms with Gasteiger partial charge in [0.05, 0.1) is 6.04 Å². The van der Waals surface area contributed by atoms with Gasteiger partial charge in [0.25, 0.3) is 0 Å². The van der Waals surface area contributed by atoms with Gasteiger partial charge in [-0.25, -0.2) is 0 Å². The van der Waals surface area contributed by atoms with Crippen LogP contribution in [0.25, 0.3) is 0 Å². The van der Waals surface area contributed by atoms with Crippen LogP contribution in [-0.4, -0.2) is 37.0 Å². The first-order valence-corrected chi connectivity index (χ1v) is 7.80. The lowest BCUT2D eigenvalue weighted by molar-refractivity contribution is -0.123. The fourth-order valence-electron chi connectivity index (χ4n) is 2.16. The highest BCUT2D eigenvalue weighted by molar-refractivity contribution is 5.81. The van der Waals surface area contributed by atoms with E-state index >= 15 is 0 Å². The minimum absolute atomic E-state index is 0.0323. The van der Waals surface area contributed by atoms with Crippen LogP contribution in [0, 0.1) is 5.92 Å². The predicted octanol–water partition coefficient (Wildman–Crippen LogP) is 2.00. The van der Waals surface area contributed by atoms with E-state index in [4.69, 9.17) is 5.73 Å². The van der Waals surface area contributed by atoms with Crippen LogP contribution in [0.1, 0.15) is 32.3 Å². The normalized spacial score (nSPS) is 14.0. The molecule has 3 N–H and O–H groups in total. The molecule has 0 saturated carbocycles. The molecule has 0 fully saturated rings. The first-order chi connectivity index (χ1) is 10.0. The molecule has 1 aromatic carbocycles. The lowest BCUT2D eigenvalue weighted by Gasteiger charge is -2.19. The van der Waals surface area contributed by atoms with Crippen molar-refractivity contribution >= 4 is 5.91 Å². The molecule has 0 aliphatic rings. The van der Waals surface area contributed by atoms with Gasteiger partial charge in [0.2, 0.25) is 5.91 Å². The number of carbonyl (C=O) groups excluding carboxylic acids is 1. The van der Waals surface area contributed by atoms with Gasteiger partial charge in [0, 0.05) is 13.1 Å². The molecule has 0 radical (unpaired) electrons. The Bertz CT molecular complexity index is 408. The quantitative estimate of drug-likeness (QED) is 0.684. The van der Waals surface area contributed by atoms with Gasteiger partial charge in [0.1, 0.15) is 0 Å². The van der Waals surface area contributed by atoms with Gasteiger partial charge in [-0.05, 0) is 31.5 Å². The molecular weight excluding hydrogens is 262 g/mol. The maximum atomic E-state index is 11.8. The van der Waals surface area contributed by atoms with Crippen LogP contribution < -0.4 is 11.1 Å². The van der Waals surface area contributed by atoms with Crippen molar-refractivity contribution in [3.8, 4) is 0 Å². The number of nitrogens with one attached hydrogen (secondary N) is 1. The molecule has 0 bridgehead atoms. The summed E-state index contributed by atoms with van der Waals surface area (Å²) in [6, 6.07) is 10.0. The predicted molar refractivity (Wildman–Crippen MR) is 87.8 cm³/mol. The highest BCUT2D eigenvalue weighted by Crippen LogP contribution is 2.05. The van der Waals surface area contributed by atoms with Gasteiger partial charge in [-0.15, -0.1) is 0 Å². The molecule has 1 amide bonds. The average molecular weight is 291 g/mol. The molecule has 0 aromatic heterocycles. The van der Waals surface area contributed by atoms with Gasteiger partial charge < -0.3 is 16.0 Å². The Labute approximate surface area is 128 Å². The summed E-state index contributed by atoms with van der Waals surface area (Å²) >= 11 is 0. The number of carbonyl (C=O) groups is 1. The summed E-state index contributed by atoms with van der Waals surface area (Å²) in [5.74, 6) is 0.195. The number of nitrogens with two attached hydrogens (primary N) is 1. The number of hydrogen-bond acceptors (Lipinski definition) is 3. The van der Waals surface area contributed by atoms with Crippen LogP contribution in [0.2, 0.25) is 0 Å². The third kappa shape index (κ3) is 6.74. The minimum atomic E-state index is -0.392. The Hall–Kier alpha value is -1.39. The van der Waals surface area contributed by atoms with Gasteiger partial charge in [0.15, 0.2) is 0 Å². The molecule has 0 saturated heterocycles. The molecule has 4 heteroatoms. The number of benzene rings is 1. The summed E-state index contributed by atoms with van der Waals surface area (Å²) in [4.78, 5) is 14.1. The second-order valence-electron chi connectivity index (χ2n) is 5.78. The van der Waals surface area contributed by atoms with Crippen LogP contribution >= 0.6 is 0 Å². The number of hydrogen-bond donors (Lipinski definition) is 2. The van der Waals surface area contributed by atoms with Crippen molar-refractivity contribution in [1.29, 1.82) is 0 Å². The topological polar surface area (TPSA) is 58.4 Å². The van der Waals surface area contributed by atoms with Gasteiger partial charge >= 0.3 is 0 Å². The summed E-state index contributed by atoms with van der Waals surface area (Å²) in [7, 11) is 2.10. The SMILES string of the molecule is CC[C@H](C)[C@H](N)C(=O)NCCCN(C)Cc1ccccc1. The lowest BCUT2D eigenvalue weighted by Crippen LogP contribution is -2.45. The van der Waals surface area contributed by atoms with Crippen molar-refractivity contribution in [3.05, 3.63) is 35.9 Å². The summed E-state index contributed by atoms with van der Waals surface area (Å²) in [6.07, 6.45) is 1.86. The largest absolute Gasteiger partial charge is 0.355 e. The molecule has 0 unspecified atom stereocenters. The first-order valence-electron chi connectivity index (χ1n) is 7.80. The fraction of sp³-hybridized carbons (Fsp3) is 0.588. The second kappa shape index (κ2) is 9.53. The van der Waals surface area contributed by atoms with Crippen LogP contribution in [0.5, 0.6) is 0 Å². The Morgan fingerprint density at radius 1 is 1.33 bits per heavy atom. The zero-order chi connectivity index (χ0) is 15.7. The number of nitrogens with zero attached hydrogens (tertiary/aromatic N) is 1. The van der Waals surface area contributed by atoms with E-state index in [9.17, 15) is 4.79 Å². The van der Waals surface area contributed by atoms with Crippen molar-refractivity contribution in [1.82, 2.24) is 10.2 Å². The first kappa shape index (κ1) is 17.7. The van der Waals surface area contributed by atoms with E-state index in [1.54, 1.807) is 0 Å². The average Bonchev–Trinajstić information content (AvgIpc) is 2.50. The van der Waals surface area contributed by atoms with E-state index in [2.05, 4.69) is 48.5 Å². The fourth-order valence-corrected chi connectivity index (χ4v) is 2.16. The smallest absolute Gasteiger partial charge is 0.237 e. The Balaban J connectivity index is 2.17. The molecule has 0 aliphatic carbocycles. The highest BCUT2D eigenvalue weighted by Gasteiger charge is 2.18. The van der Waals surface area contributed by atoms with E-state index in [-0.39, 0.29) is 11.8 Å². The summed E-state index contributed by atoms with van der Waals surface area (Å²) < 4.78 is 0. The summed E-state index contributed by atoms with van der Waals surface area (Å²) in [5.41, 5.74) is 7.20. The van der Waals surface area contributed by atoms with Crippen molar-refractivity contribution in [2.24, 2.45) is 11.7 Å². The second-order valence-corrected chi connectivity index (χ2v) is 5.78. The van der Waals surface area contributed by atoms with Crippen molar-refractivity contribution in [3.63, 3.8) is 0 Å². The number of amides is 1. The van der Waals surface area contributed by atoms with Crippen molar-refractivity contribution < 1.29 is 4.79 Å². The third-order valence-electron chi connectivity index (χ3n) is 3.87. The van der Waals surface area contributed by atoms with E-state index in [1.165, 1.54) is 5.56 Å². The van der Waals surface area contributed by atoms with Crippen LogP contribution in [-0.2, 0) is 11.3 Å². The lowest BCUT2D eigenvalue weighted by atomic mass is 9.99. The zero-order valence-electron chi connectivity index (χ0n) is 13.5. The van der Waals surface area contributed by atoms with Crippen LogP contribution in [0.15, 0.2) is 30.3 Å². The molecule has 118 valence electrons. The van der Waals surface area contributed by atoms with E-state index in [0.29, 0.717) is 6.54 Å². The van der Waals surface area contributed by atoms with E-state index in [1.807, 2.05) is 13.0 Å². The van der Waals surface area contributed by atoms with Crippen molar-refractivity contribution in [2.45, 2.75) is 39.3 Å². The minimum Gasteiger partial charge on any atom is -0.355 e. The molecule has 0 aliphatic heterocycles. The van der Waals surface area contributed by atoms with Gasteiger partial charge in [-0.2, -0.15) is 0 Å². The molecule has 21 heavy (non-hydrogen) atoms. The highest BCUT2D eigenvalue weighted by atomic mass is 16.2. The van der Waals surface area contributed by atoms with Gasteiger partial charge in [-0.1, -0.05) is 50.6 Å². The Morgan fingerprint density at radius 3 is 2.62 bits per heavy atom. The Morgan fingerprint density at radius 2 is 2.00 bits per heavy atom. The maximum absolute atomic E-state index is 11.8. The number of rotatable bonds is 9. The van der Waals surface area contributed by atoms with Crippen LogP contribution in [0.3, 0.4) is 0 Å². The molecule has 0 spiro atoms. The third-order valence-corrected chi connectivity index (χ3v) is 3.87. The summed E-state index contributed by atoms with van der Waals surface area (Å²) in [5, 5.41) is 2.93. The standard InChI is InChI=1S/C17H29N3O/c1-4-14(2)16(18)17(21)19-11-8-12-20(3)13-15-9-6-5-7-10-15/h5-7,9-10,14,16H,4,8,11-13,18H2,1-3H3,(H,19,21)/t14-,16-/m0/s1. The molecule has 1 aromatic rings. The van der Waals surface area contributed by atoms with Crippen LogP contribution in [0.4, 0.5) is 0 Å². The summed E-state index contributed by atoms with van der Waals surface area (Å²) in [6.45, 7) is 6.63.